The van der Waals surface area contributed by atoms with E-state index in [1.165, 1.54) is 0 Å². The SMILES string of the molecule is CN=C(NCCCOCCOC)NCc1noc(C)n1. The van der Waals surface area contributed by atoms with Gasteiger partial charge in [-0.3, -0.25) is 4.99 Å². The molecule has 8 nitrogen and oxygen atoms in total. The van der Waals surface area contributed by atoms with Crippen molar-refractivity contribution in [1.29, 1.82) is 0 Å². The molecule has 0 aliphatic carbocycles. The first-order valence-electron chi connectivity index (χ1n) is 6.56. The molecule has 0 radical (unpaired) electrons. The van der Waals surface area contributed by atoms with Crippen LogP contribution in [0.15, 0.2) is 9.52 Å². The van der Waals surface area contributed by atoms with E-state index in [1.807, 2.05) is 0 Å². The summed E-state index contributed by atoms with van der Waals surface area (Å²) in [6, 6.07) is 0. The lowest BCUT2D eigenvalue weighted by atomic mass is 10.4. The second-order valence-electron chi connectivity index (χ2n) is 4.04. The number of rotatable bonds is 9. The molecule has 0 aliphatic heterocycles. The van der Waals surface area contributed by atoms with E-state index in [1.54, 1.807) is 21.1 Å². The normalized spacial score (nSPS) is 11.7. The molecule has 0 amide bonds. The van der Waals surface area contributed by atoms with E-state index >= 15 is 0 Å². The third-order valence-corrected chi connectivity index (χ3v) is 2.40. The van der Waals surface area contributed by atoms with E-state index in [4.69, 9.17) is 14.0 Å². The van der Waals surface area contributed by atoms with Crippen molar-refractivity contribution < 1.29 is 14.0 Å². The maximum Gasteiger partial charge on any atom is 0.223 e. The van der Waals surface area contributed by atoms with Crippen molar-refractivity contribution in [1.82, 2.24) is 20.8 Å². The lowest BCUT2D eigenvalue weighted by molar-refractivity contribution is 0.0698. The smallest absolute Gasteiger partial charge is 0.223 e. The minimum absolute atomic E-state index is 0.474. The van der Waals surface area contributed by atoms with E-state index in [2.05, 4.69) is 25.8 Å². The van der Waals surface area contributed by atoms with Crippen molar-refractivity contribution in [3.8, 4) is 0 Å². The highest BCUT2D eigenvalue weighted by molar-refractivity contribution is 5.79. The van der Waals surface area contributed by atoms with Crippen molar-refractivity contribution in [2.75, 3.05) is 40.5 Å². The Kier molecular flexibility index (Phi) is 8.32. The third kappa shape index (κ3) is 7.05. The second-order valence-corrected chi connectivity index (χ2v) is 4.04. The highest BCUT2D eigenvalue weighted by Gasteiger charge is 2.03. The zero-order chi connectivity index (χ0) is 14.6. The van der Waals surface area contributed by atoms with E-state index < -0.39 is 0 Å². The molecular formula is C12H23N5O3. The summed E-state index contributed by atoms with van der Waals surface area (Å²) in [6.45, 7) is 4.95. The number of ether oxygens (including phenoxy) is 2. The van der Waals surface area contributed by atoms with Gasteiger partial charge in [0.1, 0.15) is 0 Å². The van der Waals surface area contributed by atoms with Crippen LogP contribution in [0.4, 0.5) is 0 Å². The quantitative estimate of drug-likeness (QED) is 0.377. The summed E-state index contributed by atoms with van der Waals surface area (Å²) in [5.74, 6) is 1.86. The van der Waals surface area contributed by atoms with Crippen LogP contribution in [0.2, 0.25) is 0 Å². The molecule has 2 N–H and O–H groups in total. The molecule has 0 bridgehead atoms. The fourth-order valence-electron chi connectivity index (χ4n) is 1.42. The van der Waals surface area contributed by atoms with Crippen molar-refractivity contribution in [3.63, 3.8) is 0 Å². The molecule has 0 unspecified atom stereocenters. The second kappa shape index (κ2) is 10.2. The molecule has 0 atom stereocenters. The van der Waals surface area contributed by atoms with Crippen LogP contribution in [0.1, 0.15) is 18.1 Å². The molecule has 0 saturated heterocycles. The van der Waals surface area contributed by atoms with Crippen LogP contribution in [-0.2, 0) is 16.0 Å². The lowest BCUT2D eigenvalue weighted by Gasteiger charge is -2.10. The number of nitrogens with one attached hydrogen (secondary N) is 2. The molecule has 20 heavy (non-hydrogen) atoms. The lowest BCUT2D eigenvalue weighted by Crippen LogP contribution is -2.37. The highest BCUT2D eigenvalue weighted by Crippen LogP contribution is 1.93. The first-order valence-corrected chi connectivity index (χ1v) is 6.56. The molecule has 1 heterocycles. The number of aryl methyl sites for hydroxylation is 1. The van der Waals surface area contributed by atoms with Gasteiger partial charge < -0.3 is 24.6 Å². The molecule has 1 rings (SSSR count). The fraction of sp³-hybridized carbons (Fsp3) is 0.750. The molecule has 0 aromatic carbocycles. The minimum atomic E-state index is 0.474. The van der Waals surface area contributed by atoms with Crippen molar-refractivity contribution in [2.24, 2.45) is 4.99 Å². The summed E-state index contributed by atoms with van der Waals surface area (Å²) in [6.07, 6.45) is 0.895. The number of nitrogens with zero attached hydrogens (tertiary/aromatic N) is 3. The van der Waals surface area contributed by atoms with Crippen LogP contribution in [0.3, 0.4) is 0 Å². The van der Waals surface area contributed by atoms with Gasteiger partial charge in [0.2, 0.25) is 5.89 Å². The summed E-state index contributed by atoms with van der Waals surface area (Å²) in [5, 5.41) is 10.1. The first-order chi connectivity index (χ1) is 9.76. The van der Waals surface area contributed by atoms with Crippen molar-refractivity contribution >= 4 is 5.96 Å². The van der Waals surface area contributed by atoms with Crippen LogP contribution in [0.5, 0.6) is 0 Å². The van der Waals surface area contributed by atoms with Crippen LogP contribution in [0.25, 0.3) is 0 Å². The van der Waals surface area contributed by atoms with Gasteiger partial charge in [0, 0.05) is 34.2 Å². The Bertz CT molecular complexity index is 394. The maximum atomic E-state index is 5.36. The predicted octanol–water partition coefficient (Wildman–Crippen LogP) is 0.0961. The number of hydrogen-bond donors (Lipinski definition) is 2. The first kappa shape index (κ1) is 16.4. The molecule has 1 aromatic heterocycles. The summed E-state index contributed by atoms with van der Waals surface area (Å²) >= 11 is 0. The highest BCUT2D eigenvalue weighted by atomic mass is 16.5. The molecule has 114 valence electrons. The molecular weight excluding hydrogens is 262 g/mol. The Hall–Kier alpha value is -1.67. The summed E-state index contributed by atoms with van der Waals surface area (Å²) in [5.41, 5.74) is 0. The van der Waals surface area contributed by atoms with Crippen LogP contribution < -0.4 is 10.6 Å². The van der Waals surface area contributed by atoms with Crippen LogP contribution in [0, 0.1) is 6.92 Å². The van der Waals surface area contributed by atoms with Crippen LogP contribution in [-0.4, -0.2) is 56.6 Å². The Labute approximate surface area is 118 Å². The molecule has 0 spiro atoms. The average Bonchev–Trinajstić information content (AvgIpc) is 2.87. The number of hydrogen-bond acceptors (Lipinski definition) is 6. The van der Waals surface area contributed by atoms with Gasteiger partial charge in [-0.1, -0.05) is 5.16 Å². The third-order valence-electron chi connectivity index (χ3n) is 2.40. The van der Waals surface area contributed by atoms with Gasteiger partial charge in [0.05, 0.1) is 19.8 Å². The number of methoxy groups -OCH3 is 1. The minimum Gasteiger partial charge on any atom is -0.382 e. The zero-order valence-corrected chi connectivity index (χ0v) is 12.3. The summed E-state index contributed by atoms with van der Waals surface area (Å²) in [7, 11) is 3.37. The molecule has 0 fully saturated rings. The van der Waals surface area contributed by atoms with Crippen molar-refractivity contribution in [2.45, 2.75) is 19.9 Å². The Balaban J connectivity index is 2.08. The van der Waals surface area contributed by atoms with Gasteiger partial charge >= 0.3 is 0 Å². The van der Waals surface area contributed by atoms with E-state index in [0.717, 1.165) is 13.0 Å². The van der Waals surface area contributed by atoms with Crippen LogP contribution >= 0.6 is 0 Å². The standard InChI is InChI=1S/C12H23N5O3/c1-10-16-11(17-20-10)9-15-12(13-2)14-5-4-6-19-8-7-18-3/h4-9H2,1-3H3,(H2,13,14,15). The Morgan fingerprint density at radius 1 is 1.30 bits per heavy atom. The zero-order valence-electron chi connectivity index (χ0n) is 12.3. The molecule has 1 aromatic rings. The van der Waals surface area contributed by atoms with Gasteiger partial charge in [0.25, 0.3) is 0 Å². The molecule has 0 aliphatic rings. The van der Waals surface area contributed by atoms with Gasteiger partial charge in [0.15, 0.2) is 11.8 Å². The van der Waals surface area contributed by atoms with Gasteiger partial charge in [-0.2, -0.15) is 4.98 Å². The maximum absolute atomic E-state index is 5.36. The van der Waals surface area contributed by atoms with Gasteiger partial charge in [-0.15, -0.1) is 0 Å². The summed E-state index contributed by atoms with van der Waals surface area (Å²) < 4.78 is 15.1. The summed E-state index contributed by atoms with van der Waals surface area (Å²) in [4.78, 5) is 8.20. The van der Waals surface area contributed by atoms with Gasteiger partial charge in [-0.05, 0) is 6.42 Å². The number of aromatic nitrogens is 2. The molecule has 0 saturated carbocycles. The number of aliphatic imine (C=N–C) groups is 1. The monoisotopic (exact) mass is 285 g/mol. The Morgan fingerprint density at radius 3 is 2.80 bits per heavy atom. The molecule has 8 heteroatoms. The largest absolute Gasteiger partial charge is 0.382 e. The fourth-order valence-corrected chi connectivity index (χ4v) is 1.42. The topological polar surface area (TPSA) is 93.8 Å². The van der Waals surface area contributed by atoms with E-state index in [9.17, 15) is 0 Å². The van der Waals surface area contributed by atoms with Gasteiger partial charge in [-0.25, -0.2) is 0 Å². The number of guanidine groups is 1. The Morgan fingerprint density at radius 2 is 2.15 bits per heavy atom. The predicted molar refractivity (Wildman–Crippen MR) is 74.5 cm³/mol. The van der Waals surface area contributed by atoms with E-state index in [-0.39, 0.29) is 0 Å². The van der Waals surface area contributed by atoms with Crippen molar-refractivity contribution in [3.05, 3.63) is 11.7 Å². The average molecular weight is 285 g/mol. The van der Waals surface area contributed by atoms with E-state index in [0.29, 0.717) is 44.0 Å².